The maximum absolute atomic E-state index is 11.2. The molecule has 22 heavy (non-hydrogen) atoms. The van der Waals surface area contributed by atoms with Crippen LogP contribution in [0.3, 0.4) is 0 Å². The first-order valence-corrected chi connectivity index (χ1v) is 8.73. The summed E-state index contributed by atoms with van der Waals surface area (Å²) >= 11 is 10.0. The van der Waals surface area contributed by atoms with Gasteiger partial charge in [0.05, 0.1) is 22.4 Å². The van der Waals surface area contributed by atoms with Gasteiger partial charge in [-0.05, 0) is 31.4 Å². The second-order valence-electron chi connectivity index (χ2n) is 5.15. The number of ether oxygens (including phenoxy) is 2. The molecule has 3 nitrogen and oxygen atoms in total. The van der Waals surface area contributed by atoms with Crippen molar-refractivity contribution in [3.63, 3.8) is 0 Å². The number of esters is 1. The molecule has 0 aliphatic carbocycles. The van der Waals surface area contributed by atoms with Crippen LogP contribution in [-0.2, 0) is 14.3 Å². The van der Waals surface area contributed by atoms with Crippen LogP contribution >= 0.6 is 27.5 Å². The number of alkyl halides is 2. The van der Waals surface area contributed by atoms with E-state index < -0.39 is 0 Å². The Hall–Kier alpha value is -0.760. The highest BCUT2D eigenvalue weighted by atomic mass is 79.9. The lowest BCUT2D eigenvalue weighted by atomic mass is 10.0. The molecule has 5 atom stereocenters. The SMILES string of the molecule is C#CC=CCC(Cl)C1CC(Br)C(OC(C)=O)C=CC(CC)O1. The third-order valence-electron chi connectivity index (χ3n) is 3.36. The Kier molecular flexibility index (Phi) is 8.85. The molecule has 0 aromatic rings. The zero-order valence-corrected chi connectivity index (χ0v) is 15.2. The molecule has 122 valence electrons. The summed E-state index contributed by atoms with van der Waals surface area (Å²) in [4.78, 5) is 11.2. The summed E-state index contributed by atoms with van der Waals surface area (Å²) in [5.74, 6) is 2.15. The van der Waals surface area contributed by atoms with Crippen molar-refractivity contribution >= 4 is 33.5 Å². The van der Waals surface area contributed by atoms with Crippen LogP contribution in [0.15, 0.2) is 24.3 Å². The molecule has 0 bridgehead atoms. The number of terminal acetylenes is 1. The predicted octanol–water partition coefficient (Wildman–Crippen LogP) is 3.99. The van der Waals surface area contributed by atoms with Crippen molar-refractivity contribution in [2.45, 2.75) is 61.6 Å². The van der Waals surface area contributed by atoms with Gasteiger partial charge in [0.15, 0.2) is 0 Å². The van der Waals surface area contributed by atoms with Gasteiger partial charge in [0.25, 0.3) is 0 Å². The minimum absolute atomic E-state index is 0.0408. The zero-order chi connectivity index (χ0) is 16.5. The van der Waals surface area contributed by atoms with Gasteiger partial charge in [-0.15, -0.1) is 18.0 Å². The van der Waals surface area contributed by atoms with E-state index in [0.29, 0.717) is 12.8 Å². The molecular formula is C17H22BrClO3. The molecule has 5 heteroatoms. The van der Waals surface area contributed by atoms with E-state index in [1.54, 1.807) is 6.08 Å². The zero-order valence-electron chi connectivity index (χ0n) is 12.9. The average molecular weight is 390 g/mol. The normalized spacial score (nSPS) is 30.3. The fourth-order valence-corrected chi connectivity index (χ4v) is 3.14. The van der Waals surface area contributed by atoms with Gasteiger partial charge in [0.1, 0.15) is 6.10 Å². The van der Waals surface area contributed by atoms with Crippen molar-refractivity contribution in [1.29, 1.82) is 0 Å². The van der Waals surface area contributed by atoms with Crippen LogP contribution in [0.25, 0.3) is 0 Å². The maximum atomic E-state index is 11.2. The number of carbonyl (C=O) groups is 1. The topological polar surface area (TPSA) is 35.5 Å². The Labute approximate surface area is 146 Å². The van der Waals surface area contributed by atoms with E-state index >= 15 is 0 Å². The largest absolute Gasteiger partial charge is 0.457 e. The molecule has 0 radical (unpaired) electrons. The van der Waals surface area contributed by atoms with Crippen molar-refractivity contribution in [3.05, 3.63) is 24.3 Å². The molecule has 0 saturated carbocycles. The Bertz CT molecular complexity index is 455. The van der Waals surface area contributed by atoms with Crippen molar-refractivity contribution in [3.8, 4) is 12.3 Å². The number of allylic oxidation sites excluding steroid dienone is 2. The first kappa shape index (κ1) is 19.3. The number of hydrogen-bond acceptors (Lipinski definition) is 3. The summed E-state index contributed by atoms with van der Waals surface area (Å²) in [5, 5.41) is -0.192. The van der Waals surface area contributed by atoms with Crippen LogP contribution < -0.4 is 0 Å². The number of halogens is 2. The Morgan fingerprint density at radius 2 is 2.36 bits per heavy atom. The molecule has 5 unspecified atom stereocenters. The van der Waals surface area contributed by atoms with Crippen LogP contribution in [0, 0.1) is 12.3 Å². The Balaban J connectivity index is 2.83. The maximum Gasteiger partial charge on any atom is 0.303 e. The highest BCUT2D eigenvalue weighted by molar-refractivity contribution is 9.09. The van der Waals surface area contributed by atoms with E-state index in [1.165, 1.54) is 6.92 Å². The third kappa shape index (κ3) is 6.56. The van der Waals surface area contributed by atoms with E-state index in [2.05, 4.69) is 21.9 Å². The van der Waals surface area contributed by atoms with E-state index in [-0.39, 0.29) is 34.5 Å². The first-order chi connectivity index (χ1) is 10.5. The van der Waals surface area contributed by atoms with Crippen LogP contribution in [0.4, 0.5) is 0 Å². The standard InChI is InChI=1S/C17H22BrClO3/c1-4-6-7-8-15(19)17-11-14(18)16(21-12(3)20)10-9-13(5-2)22-17/h1,6-7,9-10,13-17H,5,8,11H2,2-3H3. The first-order valence-electron chi connectivity index (χ1n) is 7.38. The fraction of sp³-hybridized carbons (Fsp3) is 0.588. The van der Waals surface area contributed by atoms with Gasteiger partial charge in [-0.3, -0.25) is 4.79 Å². The smallest absolute Gasteiger partial charge is 0.303 e. The molecule has 1 rings (SSSR count). The summed E-state index contributed by atoms with van der Waals surface area (Å²) in [5.41, 5.74) is 0. The second kappa shape index (κ2) is 10.1. The Morgan fingerprint density at radius 3 is 2.95 bits per heavy atom. The molecule has 0 N–H and O–H groups in total. The van der Waals surface area contributed by atoms with Gasteiger partial charge < -0.3 is 9.47 Å². The van der Waals surface area contributed by atoms with Crippen molar-refractivity contribution in [1.82, 2.24) is 0 Å². The second-order valence-corrected chi connectivity index (χ2v) is 6.89. The molecule has 0 saturated heterocycles. The monoisotopic (exact) mass is 388 g/mol. The van der Waals surface area contributed by atoms with Crippen LogP contribution in [0.2, 0.25) is 0 Å². The number of hydrogen-bond donors (Lipinski definition) is 0. The van der Waals surface area contributed by atoms with Gasteiger partial charge in [0, 0.05) is 6.92 Å². The number of rotatable bonds is 5. The van der Waals surface area contributed by atoms with Gasteiger partial charge >= 0.3 is 5.97 Å². The molecule has 0 aromatic carbocycles. The molecule has 0 aromatic heterocycles. The van der Waals surface area contributed by atoms with Gasteiger partial charge in [-0.25, -0.2) is 0 Å². The van der Waals surface area contributed by atoms with E-state index in [4.69, 9.17) is 27.5 Å². The van der Waals surface area contributed by atoms with Crippen LogP contribution in [0.5, 0.6) is 0 Å². The van der Waals surface area contributed by atoms with E-state index in [9.17, 15) is 4.79 Å². The summed E-state index contributed by atoms with van der Waals surface area (Å²) in [6.07, 6.45) is 14.1. The van der Waals surface area contributed by atoms with Gasteiger partial charge in [0.2, 0.25) is 0 Å². The fourth-order valence-electron chi connectivity index (χ4n) is 2.22. The molecular weight excluding hydrogens is 368 g/mol. The summed E-state index contributed by atoms with van der Waals surface area (Å²) in [7, 11) is 0. The minimum Gasteiger partial charge on any atom is -0.457 e. The van der Waals surface area contributed by atoms with Crippen molar-refractivity contribution in [2.75, 3.05) is 0 Å². The quantitative estimate of drug-likeness (QED) is 0.309. The van der Waals surface area contributed by atoms with Crippen LogP contribution in [0.1, 0.15) is 33.1 Å². The minimum atomic E-state index is -0.317. The molecule has 1 aliphatic rings. The lowest BCUT2D eigenvalue weighted by Crippen LogP contribution is -2.37. The van der Waals surface area contributed by atoms with Crippen LogP contribution in [-0.4, -0.2) is 34.5 Å². The van der Waals surface area contributed by atoms with Crippen molar-refractivity contribution in [2.24, 2.45) is 0 Å². The molecule has 0 fully saturated rings. The molecule has 1 aliphatic heterocycles. The molecule has 0 spiro atoms. The lowest BCUT2D eigenvalue weighted by molar-refractivity contribution is -0.144. The summed E-state index contributed by atoms with van der Waals surface area (Å²) in [6.45, 7) is 3.45. The van der Waals surface area contributed by atoms with Crippen molar-refractivity contribution < 1.29 is 14.3 Å². The molecule has 1 heterocycles. The highest BCUT2D eigenvalue weighted by Crippen LogP contribution is 2.28. The molecule has 0 amide bonds. The highest BCUT2D eigenvalue weighted by Gasteiger charge is 2.31. The third-order valence-corrected chi connectivity index (χ3v) is 4.72. The van der Waals surface area contributed by atoms with E-state index in [1.807, 2.05) is 25.2 Å². The number of carbonyl (C=O) groups excluding carboxylic acids is 1. The van der Waals surface area contributed by atoms with E-state index in [0.717, 1.165) is 6.42 Å². The lowest BCUT2D eigenvalue weighted by Gasteiger charge is -2.32. The summed E-state index contributed by atoms with van der Waals surface area (Å²) < 4.78 is 11.4. The average Bonchev–Trinajstić information content (AvgIpc) is 2.46. The predicted molar refractivity (Wildman–Crippen MR) is 93.2 cm³/mol. The summed E-state index contributed by atoms with van der Waals surface area (Å²) in [6, 6.07) is 0. The van der Waals surface area contributed by atoms with Gasteiger partial charge in [-0.1, -0.05) is 40.9 Å². The Morgan fingerprint density at radius 1 is 1.64 bits per heavy atom. The van der Waals surface area contributed by atoms with Gasteiger partial charge in [-0.2, -0.15) is 0 Å².